The standard InChI is InChI=1S/C12H13N3O3/c1-15(9-2-5-11(16)6-3-9)10(8-13-14-15)4-7-12(17)18/h2-3,5-6,8H,4,7H2,1H3,(H-,16,17,18). The Morgan fingerprint density at radius 3 is 2.67 bits per heavy atom. The first-order valence-corrected chi connectivity index (χ1v) is 5.50. The Bertz CT molecular complexity index is 522. The van der Waals surface area contributed by atoms with Crippen LogP contribution < -0.4 is 9.70 Å². The molecular formula is C12H13N3O3. The van der Waals surface area contributed by atoms with Gasteiger partial charge >= 0.3 is 0 Å². The normalized spacial score (nSPS) is 21.9. The number of hydrogen-bond donors (Lipinski definition) is 1. The number of phenols is 1. The van der Waals surface area contributed by atoms with E-state index in [-0.39, 0.29) is 16.8 Å². The Hall–Kier alpha value is -2.21. The van der Waals surface area contributed by atoms with Crippen molar-refractivity contribution in [3.63, 3.8) is 0 Å². The highest BCUT2D eigenvalue weighted by molar-refractivity contribution is 5.64. The van der Waals surface area contributed by atoms with Crippen LogP contribution in [0.3, 0.4) is 0 Å². The molecular weight excluding hydrogens is 234 g/mol. The van der Waals surface area contributed by atoms with Crippen LogP contribution in [0.1, 0.15) is 12.8 Å². The molecule has 0 bridgehead atoms. The van der Waals surface area contributed by atoms with Crippen LogP contribution in [0.15, 0.2) is 46.5 Å². The number of carboxylic acid groups (broad SMARTS) is 1. The fourth-order valence-electron chi connectivity index (χ4n) is 1.84. The molecule has 0 amide bonds. The van der Waals surface area contributed by atoms with E-state index in [0.717, 1.165) is 11.4 Å². The van der Waals surface area contributed by atoms with Gasteiger partial charge < -0.3 is 15.0 Å². The quantitative estimate of drug-likeness (QED) is 0.808. The third kappa shape index (κ3) is 2.23. The molecule has 1 N–H and O–H groups in total. The molecule has 6 nitrogen and oxygen atoms in total. The number of nitrogens with zero attached hydrogens (tertiary/aromatic N) is 3. The summed E-state index contributed by atoms with van der Waals surface area (Å²) in [6.45, 7) is 0. The van der Waals surface area contributed by atoms with Crippen LogP contribution in [0.4, 0.5) is 5.69 Å². The monoisotopic (exact) mass is 247 g/mol. The van der Waals surface area contributed by atoms with E-state index in [9.17, 15) is 15.0 Å². The average molecular weight is 247 g/mol. The van der Waals surface area contributed by atoms with Gasteiger partial charge in [0.1, 0.15) is 19.0 Å². The molecule has 94 valence electrons. The van der Waals surface area contributed by atoms with Gasteiger partial charge in [0.2, 0.25) is 0 Å². The van der Waals surface area contributed by atoms with Crippen molar-refractivity contribution in [1.82, 2.24) is 4.59 Å². The molecule has 1 atom stereocenters. The van der Waals surface area contributed by atoms with Gasteiger partial charge in [-0.3, -0.25) is 0 Å². The van der Waals surface area contributed by atoms with Gasteiger partial charge in [-0.05, 0) is 18.6 Å². The first kappa shape index (κ1) is 12.3. The lowest BCUT2D eigenvalue weighted by Crippen LogP contribution is -2.36. The van der Waals surface area contributed by atoms with E-state index in [1.54, 1.807) is 30.5 Å². The van der Waals surface area contributed by atoms with Crippen LogP contribution in [-0.2, 0) is 4.79 Å². The molecule has 6 heteroatoms. The highest BCUT2D eigenvalue weighted by atomic mass is 16.4. The van der Waals surface area contributed by atoms with Gasteiger partial charge in [-0.15, -0.1) is 9.71 Å². The van der Waals surface area contributed by atoms with E-state index in [4.69, 9.17) is 0 Å². The molecule has 18 heavy (non-hydrogen) atoms. The number of quaternary nitrogens is 1. The molecule has 1 aromatic rings. The zero-order valence-corrected chi connectivity index (χ0v) is 9.91. The van der Waals surface area contributed by atoms with Gasteiger partial charge in [-0.2, -0.15) is 0 Å². The van der Waals surface area contributed by atoms with Gasteiger partial charge in [0.15, 0.2) is 11.4 Å². The Kier molecular flexibility index (Phi) is 3.12. The summed E-state index contributed by atoms with van der Waals surface area (Å²) in [6.07, 6.45) is 1.82. The number of carbonyl (C=O) groups excluding carboxylic acids is 1. The van der Waals surface area contributed by atoms with Crippen LogP contribution >= 0.6 is 0 Å². The molecule has 0 saturated heterocycles. The summed E-state index contributed by atoms with van der Waals surface area (Å²) in [5.41, 5.74) is 1.57. The number of carbonyl (C=O) groups is 1. The number of carboxylic acids is 1. The average Bonchev–Trinajstić information content (AvgIpc) is 2.70. The first-order chi connectivity index (χ1) is 8.52. The Morgan fingerprint density at radius 1 is 1.39 bits per heavy atom. The topological polar surface area (TPSA) is 85.1 Å². The summed E-state index contributed by atoms with van der Waals surface area (Å²) in [5, 5.41) is 27.7. The Balaban J connectivity index is 2.24. The van der Waals surface area contributed by atoms with Gasteiger partial charge in [0.25, 0.3) is 0 Å². The smallest absolute Gasteiger partial charge is 0.165 e. The predicted molar refractivity (Wildman–Crippen MR) is 63.0 cm³/mol. The summed E-state index contributed by atoms with van der Waals surface area (Å²) < 4.78 is 0.0769. The fraction of sp³-hybridized carbons (Fsp3) is 0.250. The molecule has 1 aliphatic rings. The van der Waals surface area contributed by atoms with Crippen molar-refractivity contribution < 1.29 is 15.0 Å². The second-order valence-electron chi connectivity index (χ2n) is 4.17. The lowest BCUT2D eigenvalue weighted by Gasteiger charge is -2.24. The summed E-state index contributed by atoms with van der Waals surface area (Å²) in [4.78, 5) is 10.5. The van der Waals surface area contributed by atoms with Gasteiger partial charge in [0.05, 0.1) is 0 Å². The summed E-state index contributed by atoms with van der Waals surface area (Å²) in [6, 6.07) is 6.57. The molecule has 0 aliphatic carbocycles. The van der Waals surface area contributed by atoms with E-state index in [1.807, 2.05) is 7.05 Å². The van der Waals surface area contributed by atoms with Crippen molar-refractivity contribution in [3.05, 3.63) is 36.2 Å². The van der Waals surface area contributed by atoms with Crippen LogP contribution in [0, 0.1) is 0 Å². The van der Waals surface area contributed by atoms with E-state index in [0.29, 0.717) is 6.42 Å². The third-order valence-corrected chi connectivity index (χ3v) is 2.93. The summed E-state index contributed by atoms with van der Waals surface area (Å²) in [7, 11) is 1.81. The molecule has 0 radical (unpaired) electrons. The van der Waals surface area contributed by atoms with Crippen LogP contribution in [-0.4, -0.2) is 18.1 Å². The predicted octanol–water partition coefficient (Wildman–Crippen LogP) is 1.08. The Labute approximate surface area is 104 Å². The van der Waals surface area contributed by atoms with E-state index in [1.165, 1.54) is 0 Å². The minimum Gasteiger partial charge on any atom is -0.550 e. The van der Waals surface area contributed by atoms with Crippen molar-refractivity contribution in [2.24, 2.45) is 10.3 Å². The third-order valence-electron chi connectivity index (χ3n) is 2.93. The molecule has 2 rings (SSSR count). The van der Waals surface area contributed by atoms with Crippen LogP contribution in [0.5, 0.6) is 5.75 Å². The molecule has 1 heterocycles. The number of allylic oxidation sites excluding steroid dienone is 1. The van der Waals surface area contributed by atoms with Gasteiger partial charge in [0, 0.05) is 29.7 Å². The van der Waals surface area contributed by atoms with Crippen molar-refractivity contribution in [2.45, 2.75) is 12.8 Å². The maximum Gasteiger partial charge on any atom is 0.165 e. The second-order valence-corrected chi connectivity index (χ2v) is 4.17. The van der Waals surface area contributed by atoms with Crippen molar-refractivity contribution in [1.29, 1.82) is 0 Å². The molecule has 1 aliphatic heterocycles. The van der Waals surface area contributed by atoms with Crippen LogP contribution in [0.2, 0.25) is 0 Å². The molecule has 0 saturated carbocycles. The van der Waals surface area contributed by atoms with E-state index >= 15 is 0 Å². The summed E-state index contributed by atoms with van der Waals surface area (Å²) in [5.74, 6) is -0.929. The fourth-order valence-corrected chi connectivity index (χ4v) is 1.84. The number of hydrogen-bond acceptors (Lipinski definition) is 5. The zero-order chi connectivity index (χ0) is 13.2. The van der Waals surface area contributed by atoms with Crippen LogP contribution in [0.25, 0.3) is 0 Å². The first-order valence-electron chi connectivity index (χ1n) is 5.50. The molecule has 0 fully saturated rings. The number of benzene rings is 1. The highest BCUT2D eigenvalue weighted by Crippen LogP contribution is 2.34. The molecule has 0 spiro atoms. The lowest BCUT2D eigenvalue weighted by molar-refractivity contribution is -0.305. The number of rotatable bonds is 4. The minimum atomic E-state index is -1.10. The maximum absolute atomic E-state index is 10.5. The van der Waals surface area contributed by atoms with Gasteiger partial charge in [-0.1, -0.05) is 0 Å². The van der Waals surface area contributed by atoms with Crippen molar-refractivity contribution in [3.8, 4) is 5.75 Å². The Morgan fingerprint density at radius 2 is 2.06 bits per heavy atom. The summed E-state index contributed by atoms with van der Waals surface area (Å²) >= 11 is 0. The van der Waals surface area contributed by atoms with Crippen molar-refractivity contribution in [2.75, 3.05) is 7.05 Å². The van der Waals surface area contributed by atoms with Crippen molar-refractivity contribution >= 4 is 11.7 Å². The number of phenolic OH excluding ortho intramolecular Hbond substituents is 1. The zero-order valence-electron chi connectivity index (χ0n) is 9.91. The highest BCUT2D eigenvalue weighted by Gasteiger charge is 2.35. The van der Waals surface area contributed by atoms with Gasteiger partial charge in [-0.25, -0.2) is 0 Å². The number of aliphatic carboxylic acids is 1. The van der Waals surface area contributed by atoms with E-state index < -0.39 is 5.97 Å². The molecule has 0 aromatic heterocycles. The minimum absolute atomic E-state index is 0.0667. The largest absolute Gasteiger partial charge is 0.550 e. The van der Waals surface area contributed by atoms with E-state index in [2.05, 4.69) is 10.3 Å². The SMILES string of the molecule is C[N+]1(c2ccc(O)cc2)N=NC=C1CCC(=O)[O-]. The maximum atomic E-state index is 10.5. The second kappa shape index (κ2) is 4.58. The number of aromatic hydroxyl groups is 1. The molecule has 1 aromatic carbocycles. The molecule has 1 unspecified atom stereocenters. The lowest BCUT2D eigenvalue weighted by atomic mass is 10.2.